The zero-order valence-corrected chi connectivity index (χ0v) is 10.6. The Morgan fingerprint density at radius 2 is 2.28 bits per heavy atom. The molecule has 2 aromatic rings. The van der Waals surface area contributed by atoms with Crippen LogP contribution in [0.3, 0.4) is 0 Å². The maximum atomic E-state index is 5.59. The SMILES string of the molecule is COCCNCCc1ncc(-c2cnn(C)n2)o1. The number of hydrogen-bond acceptors (Lipinski definition) is 6. The highest BCUT2D eigenvalue weighted by atomic mass is 16.5. The molecule has 0 aliphatic carbocycles. The van der Waals surface area contributed by atoms with Crippen LogP contribution in [0.25, 0.3) is 11.5 Å². The maximum absolute atomic E-state index is 5.59. The molecule has 98 valence electrons. The number of aromatic nitrogens is 4. The van der Waals surface area contributed by atoms with Gasteiger partial charge in [0.1, 0.15) is 5.69 Å². The van der Waals surface area contributed by atoms with E-state index < -0.39 is 0 Å². The topological polar surface area (TPSA) is 78.0 Å². The first-order chi connectivity index (χ1) is 8.79. The standard InChI is InChI=1S/C11H17N5O2/c1-16-14-7-9(15-16)10-8-13-11(18-10)3-4-12-5-6-17-2/h7-8,12H,3-6H2,1-2H3. The van der Waals surface area contributed by atoms with Crippen LogP contribution in [0.5, 0.6) is 0 Å². The molecule has 0 saturated carbocycles. The Hall–Kier alpha value is -1.73. The number of nitrogens with one attached hydrogen (secondary N) is 1. The van der Waals surface area contributed by atoms with Crippen molar-refractivity contribution < 1.29 is 9.15 Å². The minimum atomic E-state index is 0.648. The molecule has 0 amide bonds. The summed E-state index contributed by atoms with van der Waals surface area (Å²) in [5, 5.41) is 11.4. The zero-order valence-electron chi connectivity index (χ0n) is 10.6. The normalized spacial score (nSPS) is 11.0. The van der Waals surface area contributed by atoms with Crippen molar-refractivity contribution in [2.45, 2.75) is 6.42 Å². The van der Waals surface area contributed by atoms with Crippen molar-refractivity contribution in [3.05, 3.63) is 18.3 Å². The Balaban J connectivity index is 1.83. The fourth-order valence-corrected chi connectivity index (χ4v) is 1.50. The summed E-state index contributed by atoms with van der Waals surface area (Å²) in [7, 11) is 3.45. The Morgan fingerprint density at radius 1 is 1.39 bits per heavy atom. The van der Waals surface area contributed by atoms with Gasteiger partial charge >= 0.3 is 0 Å². The number of rotatable bonds is 7. The van der Waals surface area contributed by atoms with Gasteiger partial charge in [-0.05, 0) is 0 Å². The van der Waals surface area contributed by atoms with Gasteiger partial charge in [-0.15, -0.1) is 0 Å². The van der Waals surface area contributed by atoms with Crippen molar-refractivity contribution in [3.8, 4) is 11.5 Å². The fourth-order valence-electron chi connectivity index (χ4n) is 1.50. The first-order valence-corrected chi connectivity index (χ1v) is 5.80. The van der Waals surface area contributed by atoms with Gasteiger partial charge in [-0.3, -0.25) is 0 Å². The molecule has 0 saturated heterocycles. The number of ether oxygens (including phenoxy) is 1. The van der Waals surface area contributed by atoms with Crippen LogP contribution in [0, 0.1) is 0 Å². The molecule has 0 fully saturated rings. The average molecular weight is 251 g/mol. The van der Waals surface area contributed by atoms with Crippen molar-refractivity contribution in [3.63, 3.8) is 0 Å². The molecule has 0 spiro atoms. The lowest BCUT2D eigenvalue weighted by atomic mass is 10.4. The van der Waals surface area contributed by atoms with Crippen LogP contribution >= 0.6 is 0 Å². The molecular formula is C11H17N5O2. The van der Waals surface area contributed by atoms with Gasteiger partial charge in [-0.1, -0.05) is 0 Å². The van der Waals surface area contributed by atoms with Gasteiger partial charge in [-0.25, -0.2) is 4.98 Å². The monoisotopic (exact) mass is 251 g/mol. The largest absolute Gasteiger partial charge is 0.439 e. The third-order valence-corrected chi connectivity index (χ3v) is 2.40. The third kappa shape index (κ3) is 3.38. The van der Waals surface area contributed by atoms with Gasteiger partial charge in [0.2, 0.25) is 0 Å². The van der Waals surface area contributed by atoms with Crippen LogP contribution < -0.4 is 5.32 Å². The van der Waals surface area contributed by atoms with Gasteiger partial charge in [-0.2, -0.15) is 15.0 Å². The lowest BCUT2D eigenvalue weighted by molar-refractivity contribution is 0.199. The van der Waals surface area contributed by atoms with Crippen molar-refractivity contribution in [2.24, 2.45) is 7.05 Å². The van der Waals surface area contributed by atoms with Crippen molar-refractivity contribution >= 4 is 0 Å². The average Bonchev–Trinajstić information content (AvgIpc) is 2.97. The highest BCUT2D eigenvalue weighted by molar-refractivity contribution is 5.47. The third-order valence-electron chi connectivity index (χ3n) is 2.40. The van der Waals surface area contributed by atoms with E-state index in [1.165, 1.54) is 4.80 Å². The van der Waals surface area contributed by atoms with Gasteiger partial charge in [0.05, 0.1) is 19.0 Å². The zero-order chi connectivity index (χ0) is 12.8. The number of oxazole rings is 1. The van der Waals surface area contributed by atoms with Gasteiger partial charge in [0, 0.05) is 33.7 Å². The summed E-state index contributed by atoms with van der Waals surface area (Å²) in [6, 6.07) is 0. The molecule has 0 unspecified atom stereocenters. The molecule has 0 atom stereocenters. The van der Waals surface area contributed by atoms with E-state index >= 15 is 0 Å². The minimum absolute atomic E-state index is 0.648. The van der Waals surface area contributed by atoms with Crippen LogP contribution in [0.2, 0.25) is 0 Å². The molecule has 1 N–H and O–H groups in total. The van der Waals surface area contributed by atoms with Crippen LogP contribution in [0.4, 0.5) is 0 Å². The fraction of sp³-hybridized carbons (Fsp3) is 0.545. The lowest BCUT2D eigenvalue weighted by Gasteiger charge is -2.00. The van der Waals surface area contributed by atoms with Gasteiger partial charge in [0.25, 0.3) is 0 Å². The summed E-state index contributed by atoms with van der Waals surface area (Å²) in [4.78, 5) is 5.69. The first-order valence-electron chi connectivity index (χ1n) is 5.80. The Morgan fingerprint density at radius 3 is 3.00 bits per heavy atom. The molecule has 0 radical (unpaired) electrons. The van der Waals surface area contributed by atoms with Gasteiger partial charge < -0.3 is 14.5 Å². The molecular weight excluding hydrogens is 234 g/mol. The second kappa shape index (κ2) is 6.27. The van der Waals surface area contributed by atoms with Crippen LogP contribution in [-0.2, 0) is 18.2 Å². The minimum Gasteiger partial charge on any atom is -0.439 e. The van der Waals surface area contributed by atoms with E-state index in [2.05, 4.69) is 20.5 Å². The number of methoxy groups -OCH3 is 1. The molecule has 0 aliphatic heterocycles. The predicted octanol–water partition coefficient (Wildman–Crippen LogP) is 0.249. The molecule has 2 rings (SSSR count). The number of aryl methyl sites for hydroxylation is 1. The number of nitrogens with zero attached hydrogens (tertiary/aromatic N) is 4. The van der Waals surface area contributed by atoms with Crippen molar-refractivity contribution in [1.29, 1.82) is 0 Å². The summed E-state index contributed by atoms with van der Waals surface area (Å²) in [6.07, 6.45) is 4.07. The summed E-state index contributed by atoms with van der Waals surface area (Å²) in [5.74, 6) is 1.34. The Kier molecular flexibility index (Phi) is 4.43. The Labute approximate surface area is 105 Å². The van der Waals surface area contributed by atoms with Crippen molar-refractivity contribution in [1.82, 2.24) is 25.3 Å². The van der Waals surface area contributed by atoms with Gasteiger partial charge in [0.15, 0.2) is 11.7 Å². The van der Waals surface area contributed by atoms with Crippen LogP contribution in [0.1, 0.15) is 5.89 Å². The van der Waals surface area contributed by atoms with E-state index in [9.17, 15) is 0 Å². The molecule has 0 aromatic carbocycles. The first kappa shape index (κ1) is 12.7. The van der Waals surface area contributed by atoms with E-state index in [0.717, 1.165) is 19.5 Å². The smallest absolute Gasteiger partial charge is 0.196 e. The molecule has 2 aromatic heterocycles. The number of hydrogen-bond donors (Lipinski definition) is 1. The summed E-state index contributed by atoms with van der Waals surface area (Å²) < 4.78 is 10.5. The van der Waals surface area contributed by atoms with E-state index in [4.69, 9.17) is 9.15 Å². The van der Waals surface area contributed by atoms with E-state index in [-0.39, 0.29) is 0 Å². The highest BCUT2D eigenvalue weighted by Crippen LogP contribution is 2.16. The molecule has 7 nitrogen and oxygen atoms in total. The quantitative estimate of drug-likeness (QED) is 0.711. The molecule has 2 heterocycles. The van der Waals surface area contributed by atoms with Crippen LogP contribution in [-0.4, -0.2) is 46.8 Å². The summed E-state index contributed by atoms with van der Waals surface area (Å²) in [6.45, 7) is 2.34. The second-order valence-corrected chi connectivity index (χ2v) is 3.83. The highest BCUT2D eigenvalue weighted by Gasteiger charge is 2.09. The Bertz CT molecular complexity index is 479. The summed E-state index contributed by atoms with van der Waals surface area (Å²) in [5.41, 5.74) is 0.698. The van der Waals surface area contributed by atoms with Crippen molar-refractivity contribution in [2.75, 3.05) is 26.8 Å². The maximum Gasteiger partial charge on any atom is 0.196 e. The van der Waals surface area contributed by atoms with E-state index in [1.807, 2.05) is 0 Å². The second-order valence-electron chi connectivity index (χ2n) is 3.83. The molecule has 18 heavy (non-hydrogen) atoms. The van der Waals surface area contributed by atoms with E-state index in [0.29, 0.717) is 24.0 Å². The molecule has 0 aliphatic rings. The lowest BCUT2D eigenvalue weighted by Crippen LogP contribution is -2.21. The predicted molar refractivity (Wildman–Crippen MR) is 64.9 cm³/mol. The molecule has 0 bridgehead atoms. The van der Waals surface area contributed by atoms with Crippen LogP contribution in [0.15, 0.2) is 16.8 Å². The molecule has 7 heteroatoms. The summed E-state index contributed by atoms with van der Waals surface area (Å²) >= 11 is 0. The van der Waals surface area contributed by atoms with E-state index in [1.54, 1.807) is 26.6 Å².